The minimum Gasteiger partial charge on any atom is -0.455 e. The van der Waals surface area contributed by atoms with Crippen molar-refractivity contribution < 1.29 is 14.3 Å². The summed E-state index contributed by atoms with van der Waals surface area (Å²) in [6, 6.07) is 7.70. The molecule has 0 bridgehead atoms. The van der Waals surface area contributed by atoms with Crippen molar-refractivity contribution in [2.75, 3.05) is 13.2 Å². The van der Waals surface area contributed by atoms with E-state index >= 15 is 0 Å². The van der Waals surface area contributed by atoms with E-state index < -0.39 is 0 Å². The highest BCUT2D eigenvalue weighted by molar-refractivity contribution is 5.81. The van der Waals surface area contributed by atoms with E-state index in [2.05, 4.69) is 11.4 Å². The van der Waals surface area contributed by atoms with E-state index in [1.165, 1.54) is 18.4 Å². The first-order chi connectivity index (χ1) is 11.1. The highest BCUT2D eigenvalue weighted by Gasteiger charge is 2.09. The van der Waals surface area contributed by atoms with Crippen LogP contribution in [0.3, 0.4) is 0 Å². The lowest BCUT2D eigenvalue weighted by molar-refractivity contribution is -0.147. The number of nitrogens with one attached hydrogen (secondary N) is 1. The summed E-state index contributed by atoms with van der Waals surface area (Å²) in [6.07, 6.45) is 8.17. The molecule has 0 atom stereocenters. The van der Waals surface area contributed by atoms with Crippen LogP contribution < -0.4 is 5.32 Å². The molecule has 1 aromatic carbocycles. The van der Waals surface area contributed by atoms with Crippen LogP contribution in [-0.4, -0.2) is 25.0 Å². The molecule has 2 rings (SSSR count). The second kappa shape index (κ2) is 9.13. The Hall–Kier alpha value is -2.10. The van der Waals surface area contributed by atoms with Crippen LogP contribution in [0.5, 0.6) is 0 Å². The van der Waals surface area contributed by atoms with Crippen LogP contribution in [0.2, 0.25) is 0 Å². The molecule has 0 saturated carbocycles. The van der Waals surface area contributed by atoms with E-state index in [0.717, 1.165) is 30.4 Å². The molecule has 1 amide bonds. The normalized spacial score (nSPS) is 14.0. The fraction of sp³-hybridized carbons (Fsp3) is 0.474. The largest absolute Gasteiger partial charge is 0.455 e. The number of ether oxygens (including phenoxy) is 1. The van der Waals surface area contributed by atoms with Crippen molar-refractivity contribution in [3.8, 4) is 0 Å². The molecular weight excluding hydrogens is 290 g/mol. The SMILES string of the molecule is Cc1ccc(CC(=O)OCC(=O)NCCC2=CCCCC2)cc1. The molecule has 1 N–H and O–H groups in total. The fourth-order valence-electron chi connectivity index (χ4n) is 2.61. The number of allylic oxidation sites excluding steroid dienone is 1. The van der Waals surface area contributed by atoms with Gasteiger partial charge in [-0.3, -0.25) is 9.59 Å². The Balaban J connectivity index is 1.60. The molecule has 0 saturated heterocycles. The first-order valence-corrected chi connectivity index (χ1v) is 8.29. The third kappa shape index (κ3) is 6.68. The molecule has 1 aliphatic carbocycles. The molecule has 0 unspecified atom stereocenters. The summed E-state index contributed by atoms with van der Waals surface area (Å²) >= 11 is 0. The van der Waals surface area contributed by atoms with E-state index in [1.54, 1.807) is 0 Å². The van der Waals surface area contributed by atoms with Gasteiger partial charge in [0.2, 0.25) is 0 Å². The van der Waals surface area contributed by atoms with Crippen LogP contribution in [0.1, 0.15) is 43.2 Å². The maximum Gasteiger partial charge on any atom is 0.310 e. The predicted octanol–water partition coefficient (Wildman–Crippen LogP) is 3.09. The van der Waals surface area contributed by atoms with Gasteiger partial charge in [0.1, 0.15) is 0 Å². The molecule has 0 aliphatic heterocycles. The van der Waals surface area contributed by atoms with E-state index in [1.807, 2.05) is 31.2 Å². The molecule has 0 radical (unpaired) electrons. The zero-order valence-corrected chi connectivity index (χ0v) is 13.8. The number of rotatable bonds is 7. The van der Waals surface area contributed by atoms with Crippen molar-refractivity contribution in [2.24, 2.45) is 0 Å². The third-order valence-corrected chi connectivity index (χ3v) is 3.99. The number of hydrogen-bond donors (Lipinski definition) is 1. The first-order valence-electron chi connectivity index (χ1n) is 8.29. The topological polar surface area (TPSA) is 55.4 Å². The summed E-state index contributed by atoms with van der Waals surface area (Å²) in [4.78, 5) is 23.4. The molecule has 0 heterocycles. The van der Waals surface area contributed by atoms with Gasteiger partial charge in [0.15, 0.2) is 6.61 Å². The Labute approximate surface area is 137 Å². The number of esters is 1. The zero-order valence-electron chi connectivity index (χ0n) is 13.8. The zero-order chi connectivity index (χ0) is 16.5. The molecule has 4 nitrogen and oxygen atoms in total. The van der Waals surface area contributed by atoms with E-state index in [9.17, 15) is 9.59 Å². The lowest BCUT2D eigenvalue weighted by Crippen LogP contribution is -2.30. The number of hydrogen-bond acceptors (Lipinski definition) is 3. The summed E-state index contributed by atoms with van der Waals surface area (Å²) < 4.78 is 5.01. The molecule has 1 aromatic rings. The predicted molar refractivity (Wildman–Crippen MR) is 90.0 cm³/mol. The Kier molecular flexibility index (Phi) is 6.85. The number of aryl methyl sites for hydroxylation is 1. The highest BCUT2D eigenvalue weighted by Crippen LogP contribution is 2.19. The maximum atomic E-state index is 11.7. The number of carbonyl (C=O) groups is 2. The van der Waals surface area contributed by atoms with Crippen LogP contribution >= 0.6 is 0 Å². The van der Waals surface area contributed by atoms with Crippen molar-refractivity contribution in [3.05, 3.63) is 47.0 Å². The van der Waals surface area contributed by atoms with Crippen LogP contribution in [0.15, 0.2) is 35.9 Å². The minimum atomic E-state index is -0.376. The summed E-state index contributed by atoms with van der Waals surface area (Å²) in [5.41, 5.74) is 3.47. The summed E-state index contributed by atoms with van der Waals surface area (Å²) in [5, 5.41) is 2.80. The Morgan fingerprint density at radius 2 is 1.96 bits per heavy atom. The Morgan fingerprint density at radius 1 is 1.17 bits per heavy atom. The molecule has 0 aromatic heterocycles. The smallest absolute Gasteiger partial charge is 0.310 e. The van der Waals surface area contributed by atoms with Crippen LogP contribution in [-0.2, 0) is 20.7 Å². The van der Waals surface area contributed by atoms with Crippen molar-refractivity contribution >= 4 is 11.9 Å². The molecule has 0 fully saturated rings. The number of benzene rings is 1. The third-order valence-electron chi connectivity index (χ3n) is 3.99. The molecular formula is C19H25NO3. The molecule has 124 valence electrons. The van der Waals surface area contributed by atoms with Gasteiger partial charge < -0.3 is 10.1 Å². The summed E-state index contributed by atoms with van der Waals surface area (Å²) in [6.45, 7) is 2.40. The van der Waals surface area contributed by atoms with Gasteiger partial charge in [-0.2, -0.15) is 0 Å². The van der Waals surface area contributed by atoms with Crippen LogP contribution in [0.25, 0.3) is 0 Å². The molecule has 4 heteroatoms. The summed E-state index contributed by atoms with van der Waals surface area (Å²) in [7, 11) is 0. The Morgan fingerprint density at radius 3 is 2.65 bits per heavy atom. The van der Waals surface area contributed by atoms with E-state index in [0.29, 0.717) is 6.54 Å². The van der Waals surface area contributed by atoms with Gasteiger partial charge >= 0.3 is 5.97 Å². The minimum absolute atomic E-state index is 0.195. The lowest BCUT2D eigenvalue weighted by atomic mass is 9.97. The van der Waals surface area contributed by atoms with Gasteiger partial charge in [0.25, 0.3) is 5.91 Å². The molecule has 1 aliphatic rings. The van der Waals surface area contributed by atoms with Crippen molar-refractivity contribution in [1.82, 2.24) is 5.32 Å². The average molecular weight is 315 g/mol. The Bertz CT molecular complexity index is 560. The van der Waals surface area contributed by atoms with E-state index in [-0.39, 0.29) is 24.9 Å². The second-order valence-corrected chi connectivity index (χ2v) is 6.03. The van der Waals surface area contributed by atoms with Gasteiger partial charge in [0, 0.05) is 6.54 Å². The first kappa shape index (κ1) is 17.3. The molecule has 0 spiro atoms. The lowest BCUT2D eigenvalue weighted by Gasteiger charge is -2.13. The monoisotopic (exact) mass is 315 g/mol. The van der Waals surface area contributed by atoms with E-state index in [4.69, 9.17) is 4.74 Å². The molecule has 23 heavy (non-hydrogen) atoms. The van der Waals surface area contributed by atoms with Crippen molar-refractivity contribution in [3.63, 3.8) is 0 Å². The highest BCUT2D eigenvalue weighted by atomic mass is 16.5. The summed E-state index contributed by atoms with van der Waals surface area (Å²) in [5.74, 6) is -0.613. The van der Waals surface area contributed by atoms with Crippen molar-refractivity contribution in [1.29, 1.82) is 0 Å². The van der Waals surface area contributed by atoms with Gasteiger partial charge in [-0.1, -0.05) is 41.5 Å². The fourth-order valence-corrected chi connectivity index (χ4v) is 2.61. The van der Waals surface area contributed by atoms with Crippen LogP contribution in [0, 0.1) is 6.92 Å². The van der Waals surface area contributed by atoms with Gasteiger partial charge in [-0.25, -0.2) is 0 Å². The average Bonchev–Trinajstić information content (AvgIpc) is 2.56. The van der Waals surface area contributed by atoms with Gasteiger partial charge in [-0.05, 0) is 44.6 Å². The van der Waals surface area contributed by atoms with Crippen molar-refractivity contribution in [2.45, 2.75) is 45.4 Å². The van der Waals surface area contributed by atoms with Gasteiger partial charge in [-0.15, -0.1) is 0 Å². The number of carbonyl (C=O) groups excluding carboxylic acids is 2. The van der Waals surface area contributed by atoms with Gasteiger partial charge in [0.05, 0.1) is 6.42 Å². The number of amides is 1. The standard InChI is InChI=1S/C19H25NO3/c1-15-7-9-17(10-8-15)13-19(22)23-14-18(21)20-12-11-16-5-3-2-4-6-16/h5,7-10H,2-4,6,11-14H2,1H3,(H,20,21). The maximum absolute atomic E-state index is 11.7. The second-order valence-electron chi connectivity index (χ2n) is 6.03. The van der Waals surface area contributed by atoms with Crippen LogP contribution in [0.4, 0.5) is 0 Å². The quantitative estimate of drug-likeness (QED) is 0.621.